The van der Waals surface area contributed by atoms with Crippen LogP contribution in [-0.2, 0) is 6.54 Å². The van der Waals surface area contributed by atoms with Gasteiger partial charge in [0.05, 0.1) is 0 Å². The quantitative estimate of drug-likeness (QED) is 0.648. The number of aryl methyl sites for hydroxylation is 2. The average molecular weight is 302 g/mol. The van der Waals surface area contributed by atoms with Crippen molar-refractivity contribution in [1.82, 2.24) is 15.5 Å². The van der Waals surface area contributed by atoms with Crippen LogP contribution in [0.4, 0.5) is 0 Å². The lowest BCUT2D eigenvalue weighted by atomic mass is 10.1. The van der Waals surface area contributed by atoms with Gasteiger partial charge in [-0.3, -0.25) is 4.99 Å². The molecule has 22 heavy (non-hydrogen) atoms. The summed E-state index contributed by atoms with van der Waals surface area (Å²) in [6, 6.07) is 6.58. The van der Waals surface area contributed by atoms with E-state index in [2.05, 4.69) is 52.6 Å². The van der Waals surface area contributed by atoms with Gasteiger partial charge in [-0.2, -0.15) is 0 Å². The van der Waals surface area contributed by atoms with Gasteiger partial charge < -0.3 is 15.5 Å². The first kappa shape index (κ1) is 16.8. The van der Waals surface area contributed by atoms with Crippen LogP contribution in [0.2, 0.25) is 0 Å². The molecule has 0 unspecified atom stereocenters. The lowest BCUT2D eigenvalue weighted by Crippen LogP contribution is -2.42. The van der Waals surface area contributed by atoms with E-state index in [-0.39, 0.29) is 0 Å². The van der Waals surface area contributed by atoms with Crippen LogP contribution in [0.25, 0.3) is 0 Å². The van der Waals surface area contributed by atoms with E-state index in [1.165, 1.54) is 49.0 Å². The summed E-state index contributed by atoms with van der Waals surface area (Å²) in [7, 11) is 1.83. The molecular formula is C18H30N4. The van der Waals surface area contributed by atoms with Crippen molar-refractivity contribution < 1.29 is 0 Å². The zero-order valence-corrected chi connectivity index (χ0v) is 14.3. The van der Waals surface area contributed by atoms with Gasteiger partial charge in [-0.1, -0.05) is 30.2 Å². The van der Waals surface area contributed by atoms with Gasteiger partial charge >= 0.3 is 0 Å². The van der Waals surface area contributed by atoms with Crippen molar-refractivity contribution in [1.29, 1.82) is 0 Å². The number of likely N-dealkylation sites (tertiary alicyclic amines) is 1. The van der Waals surface area contributed by atoms with Crippen molar-refractivity contribution in [2.45, 2.75) is 39.7 Å². The molecule has 4 heteroatoms. The molecule has 1 fully saturated rings. The van der Waals surface area contributed by atoms with Crippen LogP contribution < -0.4 is 10.6 Å². The summed E-state index contributed by atoms with van der Waals surface area (Å²) in [5.74, 6) is 0.886. The van der Waals surface area contributed by atoms with Crippen LogP contribution in [-0.4, -0.2) is 44.1 Å². The summed E-state index contributed by atoms with van der Waals surface area (Å²) in [6.07, 6.45) is 4.09. The van der Waals surface area contributed by atoms with Crippen molar-refractivity contribution >= 4 is 5.96 Å². The van der Waals surface area contributed by atoms with Gasteiger partial charge in [-0.25, -0.2) is 0 Å². The van der Waals surface area contributed by atoms with Crippen molar-refractivity contribution in [2.75, 3.05) is 33.2 Å². The first-order chi connectivity index (χ1) is 10.7. The maximum absolute atomic E-state index is 4.31. The summed E-state index contributed by atoms with van der Waals surface area (Å²) in [4.78, 5) is 6.84. The van der Waals surface area contributed by atoms with Crippen LogP contribution >= 0.6 is 0 Å². The second-order valence-corrected chi connectivity index (χ2v) is 6.18. The van der Waals surface area contributed by atoms with E-state index in [0.717, 1.165) is 25.6 Å². The monoisotopic (exact) mass is 302 g/mol. The zero-order chi connectivity index (χ0) is 15.8. The lowest BCUT2D eigenvalue weighted by Gasteiger charge is -2.26. The Morgan fingerprint density at radius 2 is 1.91 bits per heavy atom. The highest BCUT2D eigenvalue weighted by Crippen LogP contribution is 2.10. The molecular weight excluding hydrogens is 272 g/mol. The summed E-state index contributed by atoms with van der Waals surface area (Å²) < 4.78 is 0. The molecule has 2 N–H and O–H groups in total. The summed E-state index contributed by atoms with van der Waals surface area (Å²) >= 11 is 0. The number of piperidine rings is 1. The Balaban J connectivity index is 1.72. The first-order valence-electron chi connectivity index (χ1n) is 8.42. The third-order valence-electron chi connectivity index (χ3n) is 4.34. The Morgan fingerprint density at radius 1 is 1.14 bits per heavy atom. The highest BCUT2D eigenvalue weighted by Gasteiger charge is 2.09. The lowest BCUT2D eigenvalue weighted by molar-refractivity contribution is 0.232. The van der Waals surface area contributed by atoms with Crippen LogP contribution in [0.15, 0.2) is 23.2 Å². The molecule has 0 aliphatic carbocycles. The number of rotatable bonds is 5. The van der Waals surface area contributed by atoms with Gasteiger partial charge in [0.2, 0.25) is 0 Å². The number of hydrogen-bond donors (Lipinski definition) is 2. The molecule has 4 nitrogen and oxygen atoms in total. The van der Waals surface area contributed by atoms with Crippen molar-refractivity contribution in [3.63, 3.8) is 0 Å². The van der Waals surface area contributed by atoms with E-state index >= 15 is 0 Å². The topological polar surface area (TPSA) is 39.7 Å². The van der Waals surface area contributed by atoms with Gasteiger partial charge in [0.25, 0.3) is 0 Å². The van der Waals surface area contributed by atoms with Crippen LogP contribution in [0.3, 0.4) is 0 Å². The van der Waals surface area contributed by atoms with Gasteiger partial charge in [-0.15, -0.1) is 0 Å². The fourth-order valence-electron chi connectivity index (χ4n) is 2.96. The van der Waals surface area contributed by atoms with E-state index in [0.29, 0.717) is 0 Å². The van der Waals surface area contributed by atoms with E-state index in [9.17, 15) is 0 Å². The fourth-order valence-corrected chi connectivity index (χ4v) is 2.96. The molecule has 1 aromatic rings. The molecule has 1 aliphatic heterocycles. The van der Waals surface area contributed by atoms with E-state index in [1.54, 1.807) is 0 Å². The summed E-state index contributed by atoms with van der Waals surface area (Å²) in [5, 5.41) is 6.82. The van der Waals surface area contributed by atoms with Gasteiger partial charge in [0, 0.05) is 26.7 Å². The molecule has 0 amide bonds. The first-order valence-corrected chi connectivity index (χ1v) is 8.42. The van der Waals surface area contributed by atoms with E-state index < -0.39 is 0 Å². The maximum atomic E-state index is 4.31. The molecule has 122 valence electrons. The van der Waals surface area contributed by atoms with Crippen molar-refractivity contribution in [2.24, 2.45) is 4.99 Å². The van der Waals surface area contributed by atoms with Gasteiger partial charge in [-0.05, 0) is 50.9 Å². The molecule has 0 saturated carbocycles. The van der Waals surface area contributed by atoms with Crippen LogP contribution in [0, 0.1) is 13.8 Å². The average Bonchev–Trinajstić information content (AvgIpc) is 2.53. The SMILES string of the molecule is CN=C(NCCN1CCCCC1)NCc1ccc(C)cc1C. The smallest absolute Gasteiger partial charge is 0.191 e. The molecule has 0 atom stereocenters. The molecule has 1 saturated heterocycles. The number of benzene rings is 1. The minimum atomic E-state index is 0.815. The Bertz CT molecular complexity index is 490. The molecule has 1 aromatic carbocycles. The Morgan fingerprint density at radius 3 is 2.59 bits per heavy atom. The fraction of sp³-hybridized carbons (Fsp3) is 0.611. The summed E-state index contributed by atoms with van der Waals surface area (Å²) in [5.41, 5.74) is 3.96. The number of guanidine groups is 1. The maximum Gasteiger partial charge on any atom is 0.191 e. The van der Waals surface area contributed by atoms with Crippen LogP contribution in [0.1, 0.15) is 36.0 Å². The second kappa shape index (κ2) is 8.79. The minimum absolute atomic E-state index is 0.815. The van der Waals surface area contributed by atoms with Gasteiger partial charge in [0.1, 0.15) is 0 Å². The Hall–Kier alpha value is -1.55. The molecule has 2 rings (SSSR count). The van der Waals surface area contributed by atoms with Crippen molar-refractivity contribution in [3.05, 3.63) is 34.9 Å². The molecule has 0 spiro atoms. The predicted molar refractivity (Wildman–Crippen MR) is 94.4 cm³/mol. The minimum Gasteiger partial charge on any atom is -0.355 e. The molecule has 1 heterocycles. The van der Waals surface area contributed by atoms with E-state index in [1.807, 2.05) is 7.05 Å². The third-order valence-corrected chi connectivity index (χ3v) is 4.34. The number of nitrogens with zero attached hydrogens (tertiary/aromatic N) is 2. The molecule has 0 aromatic heterocycles. The standard InChI is InChI=1S/C18H30N4/c1-15-7-8-17(16(2)13-15)14-21-18(19-3)20-9-12-22-10-5-4-6-11-22/h7-8,13H,4-6,9-12,14H2,1-3H3,(H2,19,20,21). The van der Waals surface area contributed by atoms with Crippen molar-refractivity contribution in [3.8, 4) is 0 Å². The van der Waals surface area contributed by atoms with Gasteiger partial charge in [0.15, 0.2) is 5.96 Å². The Labute approximate surface area is 135 Å². The summed E-state index contributed by atoms with van der Waals surface area (Å²) in [6.45, 7) is 9.65. The molecule has 0 bridgehead atoms. The molecule has 0 radical (unpaired) electrons. The number of aliphatic imine (C=N–C) groups is 1. The largest absolute Gasteiger partial charge is 0.355 e. The predicted octanol–water partition coefficient (Wildman–Crippen LogP) is 2.45. The molecule has 1 aliphatic rings. The number of nitrogens with one attached hydrogen (secondary N) is 2. The zero-order valence-electron chi connectivity index (χ0n) is 14.3. The Kier molecular flexibility index (Phi) is 6.72. The number of hydrogen-bond acceptors (Lipinski definition) is 2. The van der Waals surface area contributed by atoms with E-state index in [4.69, 9.17) is 0 Å². The van der Waals surface area contributed by atoms with Crippen LogP contribution in [0.5, 0.6) is 0 Å². The highest BCUT2D eigenvalue weighted by atomic mass is 15.2. The third kappa shape index (κ3) is 5.34. The second-order valence-electron chi connectivity index (χ2n) is 6.18. The normalized spacial score (nSPS) is 16.6. The highest BCUT2D eigenvalue weighted by molar-refractivity contribution is 5.79.